The van der Waals surface area contributed by atoms with Gasteiger partial charge >= 0.3 is 5.97 Å². The fourth-order valence-electron chi connectivity index (χ4n) is 2.56. The third kappa shape index (κ3) is 7.87. The van der Waals surface area contributed by atoms with Crippen LogP contribution in [0.1, 0.15) is 37.0 Å². The SMILES string of the molecule is CCCCOc1ccc(C(=O)OCC(=O)Nc2ccccc2SCC#N)cc1OCC. The van der Waals surface area contributed by atoms with Crippen LogP contribution in [0.25, 0.3) is 0 Å². The maximum absolute atomic E-state index is 12.4. The second-order valence-electron chi connectivity index (χ2n) is 6.36. The summed E-state index contributed by atoms with van der Waals surface area (Å²) in [6.07, 6.45) is 1.93. The minimum atomic E-state index is -0.636. The number of rotatable bonds is 12. The second kappa shape index (κ2) is 13.2. The topological polar surface area (TPSA) is 97.6 Å². The quantitative estimate of drug-likeness (QED) is 0.290. The normalized spacial score (nSPS) is 10.1. The van der Waals surface area contributed by atoms with E-state index in [1.807, 2.05) is 25.1 Å². The molecule has 0 bridgehead atoms. The highest BCUT2D eigenvalue weighted by atomic mass is 32.2. The number of hydrogen-bond donors (Lipinski definition) is 1. The Balaban J connectivity index is 1.96. The maximum Gasteiger partial charge on any atom is 0.338 e. The Bertz CT molecular complexity index is 926. The van der Waals surface area contributed by atoms with Crippen LogP contribution in [0.3, 0.4) is 0 Å². The molecule has 2 rings (SSSR count). The fraction of sp³-hybridized carbons (Fsp3) is 0.348. The Morgan fingerprint density at radius 3 is 2.65 bits per heavy atom. The molecule has 2 aromatic carbocycles. The third-order valence-electron chi connectivity index (χ3n) is 4.02. The highest BCUT2D eigenvalue weighted by molar-refractivity contribution is 7.99. The Morgan fingerprint density at radius 2 is 1.90 bits per heavy atom. The van der Waals surface area contributed by atoms with Gasteiger partial charge < -0.3 is 19.5 Å². The van der Waals surface area contributed by atoms with Crippen LogP contribution < -0.4 is 14.8 Å². The van der Waals surface area contributed by atoms with Crippen molar-refractivity contribution in [3.8, 4) is 17.6 Å². The molecular formula is C23H26N2O5S. The molecule has 0 atom stereocenters. The van der Waals surface area contributed by atoms with Gasteiger partial charge in [0.2, 0.25) is 0 Å². The first-order valence-corrected chi connectivity index (χ1v) is 11.0. The van der Waals surface area contributed by atoms with E-state index in [9.17, 15) is 9.59 Å². The van der Waals surface area contributed by atoms with Crippen molar-refractivity contribution in [3.63, 3.8) is 0 Å². The van der Waals surface area contributed by atoms with E-state index in [2.05, 4.69) is 12.2 Å². The molecule has 0 aliphatic rings. The molecule has 0 aliphatic heterocycles. The van der Waals surface area contributed by atoms with E-state index in [4.69, 9.17) is 19.5 Å². The average Bonchev–Trinajstić information content (AvgIpc) is 2.78. The number of thioether (sulfide) groups is 1. The molecule has 0 saturated carbocycles. The number of carbonyl (C=O) groups is 2. The van der Waals surface area contributed by atoms with Gasteiger partial charge in [-0.1, -0.05) is 25.5 Å². The molecule has 0 unspecified atom stereocenters. The molecule has 1 N–H and O–H groups in total. The summed E-state index contributed by atoms with van der Waals surface area (Å²) in [4.78, 5) is 25.4. The van der Waals surface area contributed by atoms with Crippen LogP contribution in [0.5, 0.6) is 11.5 Å². The monoisotopic (exact) mass is 442 g/mol. The van der Waals surface area contributed by atoms with Gasteiger partial charge in [0.1, 0.15) is 0 Å². The Kier molecular flexibility index (Phi) is 10.3. The summed E-state index contributed by atoms with van der Waals surface area (Å²) in [6, 6.07) is 14.0. The number of esters is 1. The van der Waals surface area contributed by atoms with E-state index < -0.39 is 18.5 Å². The molecule has 0 spiro atoms. The minimum Gasteiger partial charge on any atom is -0.490 e. The first-order valence-electron chi connectivity index (χ1n) is 10.0. The van der Waals surface area contributed by atoms with Crippen LogP contribution in [-0.2, 0) is 9.53 Å². The third-order valence-corrected chi connectivity index (χ3v) is 4.96. The fourth-order valence-corrected chi connectivity index (χ4v) is 3.22. The van der Waals surface area contributed by atoms with E-state index in [0.717, 1.165) is 17.7 Å². The number of benzene rings is 2. The largest absolute Gasteiger partial charge is 0.490 e. The lowest BCUT2D eigenvalue weighted by Crippen LogP contribution is -2.21. The second-order valence-corrected chi connectivity index (χ2v) is 7.38. The number of anilines is 1. The Labute approximate surface area is 186 Å². The van der Waals surface area contributed by atoms with Crippen molar-refractivity contribution in [2.24, 2.45) is 0 Å². The summed E-state index contributed by atoms with van der Waals surface area (Å²) >= 11 is 1.32. The van der Waals surface area contributed by atoms with Crippen LogP contribution in [0.4, 0.5) is 5.69 Å². The number of hydrogen-bond acceptors (Lipinski definition) is 7. The number of amides is 1. The maximum atomic E-state index is 12.4. The molecule has 0 heterocycles. The molecular weight excluding hydrogens is 416 g/mol. The van der Waals surface area contributed by atoms with E-state index in [1.54, 1.807) is 30.3 Å². The van der Waals surface area contributed by atoms with Gasteiger partial charge in [-0.3, -0.25) is 4.79 Å². The van der Waals surface area contributed by atoms with Gasteiger partial charge in [0.15, 0.2) is 18.1 Å². The van der Waals surface area contributed by atoms with Crippen molar-refractivity contribution in [2.75, 3.05) is 30.9 Å². The van der Waals surface area contributed by atoms with Gasteiger partial charge in [-0.2, -0.15) is 5.26 Å². The van der Waals surface area contributed by atoms with Gasteiger partial charge in [-0.25, -0.2) is 4.79 Å². The van der Waals surface area contributed by atoms with E-state index >= 15 is 0 Å². The molecule has 1 amide bonds. The van der Waals surface area contributed by atoms with Crippen LogP contribution in [-0.4, -0.2) is 37.4 Å². The zero-order valence-electron chi connectivity index (χ0n) is 17.7. The van der Waals surface area contributed by atoms with Crippen LogP contribution in [0.2, 0.25) is 0 Å². The summed E-state index contributed by atoms with van der Waals surface area (Å²) < 4.78 is 16.4. The van der Waals surface area contributed by atoms with Gasteiger partial charge in [0.05, 0.1) is 36.3 Å². The number of nitriles is 1. The summed E-state index contributed by atoms with van der Waals surface area (Å²) in [5.41, 5.74) is 0.833. The molecule has 164 valence electrons. The van der Waals surface area contributed by atoms with Crippen molar-refractivity contribution in [3.05, 3.63) is 48.0 Å². The van der Waals surface area contributed by atoms with Crippen LogP contribution in [0.15, 0.2) is 47.4 Å². The number of carbonyl (C=O) groups excluding carboxylic acids is 2. The van der Waals surface area contributed by atoms with Gasteiger partial charge in [0, 0.05) is 4.90 Å². The van der Waals surface area contributed by atoms with Gasteiger partial charge in [-0.15, -0.1) is 11.8 Å². The molecule has 31 heavy (non-hydrogen) atoms. The Hall–Kier alpha value is -3.18. The molecule has 0 radical (unpaired) electrons. The Morgan fingerprint density at radius 1 is 1.10 bits per heavy atom. The summed E-state index contributed by atoms with van der Waals surface area (Å²) in [7, 11) is 0. The lowest BCUT2D eigenvalue weighted by Gasteiger charge is -2.13. The lowest BCUT2D eigenvalue weighted by molar-refractivity contribution is -0.119. The number of unbranched alkanes of at least 4 members (excludes halogenated alkanes) is 1. The smallest absolute Gasteiger partial charge is 0.338 e. The highest BCUT2D eigenvalue weighted by Gasteiger charge is 2.15. The van der Waals surface area contributed by atoms with E-state index in [0.29, 0.717) is 30.4 Å². The van der Waals surface area contributed by atoms with Crippen molar-refractivity contribution in [1.29, 1.82) is 5.26 Å². The zero-order chi connectivity index (χ0) is 22.5. The van der Waals surface area contributed by atoms with Crippen molar-refractivity contribution in [1.82, 2.24) is 0 Å². The molecule has 7 nitrogen and oxygen atoms in total. The molecule has 0 fully saturated rings. The molecule has 0 saturated heterocycles. The molecule has 0 aliphatic carbocycles. The zero-order valence-corrected chi connectivity index (χ0v) is 18.5. The van der Waals surface area contributed by atoms with Crippen LogP contribution in [0, 0.1) is 11.3 Å². The van der Waals surface area contributed by atoms with E-state index in [1.165, 1.54) is 11.8 Å². The summed E-state index contributed by atoms with van der Waals surface area (Å²) in [5, 5.41) is 11.5. The first-order chi connectivity index (χ1) is 15.1. The van der Waals surface area contributed by atoms with Crippen molar-refractivity contribution in [2.45, 2.75) is 31.6 Å². The standard InChI is InChI=1S/C23H26N2O5S/c1-3-5-13-29-19-11-10-17(15-20(19)28-4-2)23(27)30-16-22(26)25-18-8-6-7-9-21(18)31-14-12-24/h6-11,15H,3-5,13-14,16H2,1-2H3,(H,25,26). The number of para-hydroxylation sites is 1. The van der Waals surface area contributed by atoms with E-state index in [-0.39, 0.29) is 11.3 Å². The lowest BCUT2D eigenvalue weighted by atomic mass is 10.2. The summed E-state index contributed by atoms with van der Waals surface area (Å²) in [5.74, 6) is 0.186. The van der Waals surface area contributed by atoms with Gasteiger partial charge in [-0.05, 0) is 43.7 Å². The molecule has 0 aromatic heterocycles. The van der Waals surface area contributed by atoms with Crippen LogP contribution >= 0.6 is 11.8 Å². The van der Waals surface area contributed by atoms with Gasteiger partial charge in [0.25, 0.3) is 5.91 Å². The minimum absolute atomic E-state index is 0.266. The first kappa shape index (κ1) is 24.1. The average molecular weight is 443 g/mol. The highest BCUT2D eigenvalue weighted by Crippen LogP contribution is 2.29. The number of nitrogens with zero attached hydrogens (tertiary/aromatic N) is 1. The number of nitrogens with one attached hydrogen (secondary N) is 1. The molecule has 2 aromatic rings. The predicted octanol–water partition coefficient (Wildman–Crippen LogP) is 4.68. The number of ether oxygens (including phenoxy) is 3. The van der Waals surface area contributed by atoms with Crippen molar-refractivity contribution < 1.29 is 23.8 Å². The summed E-state index contributed by atoms with van der Waals surface area (Å²) in [6.45, 7) is 4.47. The van der Waals surface area contributed by atoms with Crippen molar-refractivity contribution >= 4 is 29.3 Å². The molecule has 8 heteroatoms. The predicted molar refractivity (Wildman–Crippen MR) is 120 cm³/mol.